The average molecular weight is 274 g/mol. The molecule has 108 valence electrons. The minimum absolute atomic E-state index is 0.0988. The van der Waals surface area contributed by atoms with Crippen LogP contribution >= 0.6 is 0 Å². The van der Waals surface area contributed by atoms with Gasteiger partial charge in [0.1, 0.15) is 0 Å². The van der Waals surface area contributed by atoms with E-state index in [1.54, 1.807) is 0 Å². The molecule has 0 bridgehead atoms. The summed E-state index contributed by atoms with van der Waals surface area (Å²) in [7, 11) is 0. The monoisotopic (exact) mass is 274 g/mol. The molecule has 0 aliphatic carbocycles. The second kappa shape index (κ2) is 5.75. The second-order valence-corrected chi connectivity index (χ2v) is 5.96. The molecule has 2 amide bonds. The van der Waals surface area contributed by atoms with Gasteiger partial charge in [0.15, 0.2) is 0 Å². The van der Waals surface area contributed by atoms with Crippen molar-refractivity contribution in [1.82, 2.24) is 0 Å². The molecule has 1 aromatic carbocycles. The predicted molar refractivity (Wildman–Crippen MR) is 79.5 cm³/mol. The van der Waals surface area contributed by atoms with Gasteiger partial charge < -0.3 is 5.73 Å². The highest BCUT2D eigenvalue weighted by molar-refractivity contribution is 6.15. The van der Waals surface area contributed by atoms with Crippen LogP contribution in [0, 0.1) is 0 Å². The van der Waals surface area contributed by atoms with Gasteiger partial charge in [-0.05, 0) is 30.5 Å². The van der Waals surface area contributed by atoms with Crippen LogP contribution in [-0.4, -0.2) is 18.4 Å². The fourth-order valence-corrected chi connectivity index (χ4v) is 2.38. The van der Waals surface area contributed by atoms with Gasteiger partial charge in [-0.15, -0.1) is 0 Å². The summed E-state index contributed by atoms with van der Waals surface area (Å²) in [5.74, 6) is -0.198. The van der Waals surface area contributed by atoms with Crippen molar-refractivity contribution >= 4 is 17.5 Å². The summed E-state index contributed by atoms with van der Waals surface area (Å²) in [6.45, 7) is 4.70. The summed E-state index contributed by atoms with van der Waals surface area (Å²) in [6, 6.07) is 7.59. The Bertz CT molecular complexity index is 488. The summed E-state index contributed by atoms with van der Waals surface area (Å²) in [6.07, 6.45) is 2.47. The molecule has 1 fully saturated rings. The van der Waals surface area contributed by atoms with Gasteiger partial charge >= 0.3 is 0 Å². The Kier molecular flexibility index (Phi) is 4.23. The lowest BCUT2D eigenvalue weighted by atomic mass is 9.85. The SMILES string of the molecule is CC(C)(CN)c1ccc(N2C(=O)CCCCC2=O)cc1. The van der Waals surface area contributed by atoms with Crippen molar-refractivity contribution in [2.45, 2.75) is 44.9 Å². The summed E-state index contributed by atoms with van der Waals surface area (Å²) in [5.41, 5.74) is 7.43. The lowest BCUT2D eigenvalue weighted by molar-refractivity contribution is -0.125. The van der Waals surface area contributed by atoms with Crippen molar-refractivity contribution in [3.8, 4) is 0 Å². The van der Waals surface area contributed by atoms with E-state index in [1.165, 1.54) is 4.90 Å². The Morgan fingerprint density at radius 3 is 2.00 bits per heavy atom. The van der Waals surface area contributed by atoms with Crippen LogP contribution in [0.15, 0.2) is 24.3 Å². The van der Waals surface area contributed by atoms with E-state index in [-0.39, 0.29) is 17.2 Å². The van der Waals surface area contributed by atoms with Crippen LogP contribution < -0.4 is 10.6 Å². The molecular weight excluding hydrogens is 252 g/mol. The molecule has 2 rings (SSSR count). The number of rotatable bonds is 3. The lowest BCUT2D eigenvalue weighted by Gasteiger charge is -2.24. The number of benzene rings is 1. The fourth-order valence-electron chi connectivity index (χ4n) is 2.38. The van der Waals surface area contributed by atoms with Crippen LogP contribution in [0.25, 0.3) is 0 Å². The van der Waals surface area contributed by atoms with E-state index in [4.69, 9.17) is 5.73 Å². The maximum Gasteiger partial charge on any atom is 0.233 e. The first kappa shape index (κ1) is 14.7. The van der Waals surface area contributed by atoms with E-state index in [2.05, 4.69) is 13.8 Å². The van der Waals surface area contributed by atoms with Gasteiger partial charge in [0, 0.05) is 24.8 Å². The molecule has 2 N–H and O–H groups in total. The smallest absolute Gasteiger partial charge is 0.233 e. The van der Waals surface area contributed by atoms with Gasteiger partial charge in [-0.2, -0.15) is 0 Å². The molecule has 1 aromatic rings. The van der Waals surface area contributed by atoms with Crippen molar-refractivity contribution in [1.29, 1.82) is 0 Å². The molecule has 1 aliphatic heterocycles. The largest absolute Gasteiger partial charge is 0.330 e. The summed E-state index contributed by atoms with van der Waals surface area (Å²) in [5, 5.41) is 0. The Hall–Kier alpha value is -1.68. The first-order valence-corrected chi connectivity index (χ1v) is 7.12. The Balaban J connectivity index is 2.28. The summed E-state index contributed by atoms with van der Waals surface area (Å²) in [4.78, 5) is 25.4. The third kappa shape index (κ3) is 2.90. The number of anilines is 1. The zero-order valence-electron chi connectivity index (χ0n) is 12.2. The van der Waals surface area contributed by atoms with Crippen molar-refractivity contribution in [2.75, 3.05) is 11.4 Å². The van der Waals surface area contributed by atoms with E-state index >= 15 is 0 Å². The third-order valence-electron chi connectivity index (χ3n) is 3.95. The van der Waals surface area contributed by atoms with E-state index in [9.17, 15) is 9.59 Å². The van der Waals surface area contributed by atoms with E-state index < -0.39 is 0 Å². The fraction of sp³-hybridized carbons (Fsp3) is 0.500. The van der Waals surface area contributed by atoms with Crippen molar-refractivity contribution in [3.05, 3.63) is 29.8 Å². The molecule has 0 saturated carbocycles. The molecule has 1 saturated heterocycles. The Morgan fingerprint density at radius 2 is 1.55 bits per heavy atom. The van der Waals surface area contributed by atoms with Gasteiger partial charge in [-0.1, -0.05) is 26.0 Å². The molecule has 4 nitrogen and oxygen atoms in total. The Labute approximate surface area is 119 Å². The molecule has 0 radical (unpaired) electrons. The molecule has 1 aliphatic rings. The van der Waals surface area contributed by atoms with E-state index in [1.807, 2.05) is 24.3 Å². The maximum atomic E-state index is 12.0. The van der Waals surface area contributed by atoms with Crippen molar-refractivity contribution in [3.63, 3.8) is 0 Å². The normalized spacial score (nSPS) is 17.2. The van der Waals surface area contributed by atoms with Crippen molar-refractivity contribution in [2.24, 2.45) is 5.73 Å². The van der Waals surface area contributed by atoms with Gasteiger partial charge in [0.2, 0.25) is 11.8 Å². The average Bonchev–Trinajstić information content (AvgIpc) is 2.60. The van der Waals surface area contributed by atoms with Crippen LogP contribution in [0.5, 0.6) is 0 Å². The lowest BCUT2D eigenvalue weighted by Crippen LogP contribution is -2.35. The van der Waals surface area contributed by atoms with E-state index in [0.29, 0.717) is 25.1 Å². The molecule has 0 atom stereocenters. The van der Waals surface area contributed by atoms with Gasteiger partial charge in [-0.3, -0.25) is 14.5 Å². The van der Waals surface area contributed by atoms with Gasteiger partial charge in [-0.25, -0.2) is 0 Å². The molecule has 0 unspecified atom stereocenters. The topological polar surface area (TPSA) is 63.4 Å². The number of carbonyl (C=O) groups is 2. The predicted octanol–water partition coefficient (Wildman–Crippen LogP) is 2.36. The highest BCUT2D eigenvalue weighted by atomic mass is 16.2. The number of imide groups is 1. The quantitative estimate of drug-likeness (QED) is 0.861. The van der Waals surface area contributed by atoms with Crippen LogP contribution in [0.1, 0.15) is 45.1 Å². The third-order valence-corrected chi connectivity index (χ3v) is 3.95. The van der Waals surface area contributed by atoms with Crippen LogP contribution in [-0.2, 0) is 15.0 Å². The zero-order chi connectivity index (χ0) is 14.8. The standard InChI is InChI=1S/C16H22N2O2/c1-16(2,11-17)12-7-9-13(10-8-12)18-14(19)5-3-4-6-15(18)20/h7-10H,3-6,11,17H2,1-2H3. The number of carbonyl (C=O) groups excluding carboxylic acids is 2. The number of nitrogens with zero attached hydrogens (tertiary/aromatic N) is 1. The number of amides is 2. The van der Waals surface area contributed by atoms with Crippen LogP contribution in [0.3, 0.4) is 0 Å². The molecular formula is C16H22N2O2. The number of nitrogens with two attached hydrogens (primary N) is 1. The number of hydrogen-bond acceptors (Lipinski definition) is 3. The first-order valence-electron chi connectivity index (χ1n) is 7.12. The molecule has 0 aromatic heterocycles. The van der Waals surface area contributed by atoms with Crippen LogP contribution in [0.2, 0.25) is 0 Å². The first-order chi connectivity index (χ1) is 9.45. The van der Waals surface area contributed by atoms with E-state index in [0.717, 1.165) is 18.4 Å². The van der Waals surface area contributed by atoms with Crippen molar-refractivity contribution < 1.29 is 9.59 Å². The second-order valence-electron chi connectivity index (χ2n) is 5.96. The highest BCUT2D eigenvalue weighted by Gasteiger charge is 2.26. The Morgan fingerprint density at radius 1 is 1.05 bits per heavy atom. The molecule has 1 heterocycles. The summed E-state index contributed by atoms with van der Waals surface area (Å²) < 4.78 is 0. The minimum atomic E-state index is -0.106. The molecule has 4 heteroatoms. The van der Waals surface area contributed by atoms with Gasteiger partial charge in [0.25, 0.3) is 0 Å². The highest BCUT2D eigenvalue weighted by Crippen LogP contribution is 2.26. The summed E-state index contributed by atoms with van der Waals surface area (Å²) >= 11 is 0. The number of hydrogen-bond donors (Lipinski definition) is 1. The van der Waals surface area contributed by atoms with Gasteiger partial charge in [0.05, 0.1) is 5.69 Å². The maximum absolute atomic E-state index is 12.0. The minimum Gasteiger partial charge on any atom is -0.330 e. The molecule has 0 spiro atoms. The zero-order valence-corrected chi connectivity index (χ0v) is 12.2. The molecule has 20 heavy (non-hydrogen) atoms. The van der Waals surface area contributed by atoms with Crippen LogP contribution in [0.4, 0.5) is 5.69 Å².